The zero-order valence-electron chi connectivity index (χ0n) is 6.59. The molecule has 0 aliphatic carbocycles. The summed E-state index contributed by atoms with van der Waals surface area (Å²) in [6.07, 6.45) is 1.07. The van der Waals surface area contributed by atoms with Gasteiger partial charge in [-0.15, -0.1) is 0 Å². The summed E-state index contributed by atoms with van der Waals surface area (Å²) in [6, 6.07) is 0. The van der Waals surface area contributed by atoms with Crippen molar-refractivity contribution >= 4 is 11.8 Å². The fourth-order valence-corrected chi connectivity index (χ4v) is 2.07. The lowest BCUT2D eigenvalue weighted by molar-refractivity contribution is 0.373. The van der Waals surface area contributed by atoms with Gasteiger partial charge in [0.15, 0.2) is 5.09 Å². The minimum Gasteiger partial charge on any atom is -0.501 e. The predicted octanol–water partition coefficient (Wildman–Crippen LogP) is 2.15. The SMILES string of the molecule is CCC1SC(O)=C(C)N1C. The molecule has 1 aliphatic rings. The topological polar surface area (TPSA) is 23.5 Å². The number of nitrogens with zero attached hydrogens (tertiary/aromatic N) is 1. The molecule has 2 nitrogen and oxygen atoms in total. The fraction of sp³-hybridized carbons (Fsp3) is 0.714. The third-order valence-corrected chi connectivity index (χ3v) is 3.31. The summed E-state index contributed by atoms with van der Waals surface area (Å²) in [5, 5.41) is 10.2. The van der Waals surface area contributed by atoms with E-state index in [2.05, 4.69) is 11.8 Å². The van der Waals surface area contributed by atoms with Crippen LogP contribution in [0.1, 0.15) is 20.3 Å². The maximum absolute atomic E-state index is 9.27. The lowest BCUT2D eigenvalue weighted by Crippen LogP contribution is -2.21. The first-order valence-electron chi connectivity index (χ1n) is 3.46. The van der Waals surface area contributed by atoms with Crippen molar-refractivity contribution in [3.05, 3.63) is 10.8 Å². The standard InChI is InChI=1S/C7H13NOS/c1-4-6-8(3)5(2)7(9)10-6/h6,9H,4H2,1-3H3. The highest BCUT2D eigenvalue weighted by Crippen LogP contribution is 2.35. The summed E-state index contributed by atoms with van der Waals surface area (Å²) < 4.78 is 0. The van der Waals surface area contributed by atoms with Crippen LogP contribution in [0.25, 0.3) is 0 Å². The van der Waals surface area contributed by atoms with E-state index in [1.165, 1.54) is 0 Å². The predicted molar refractivity (Wildman–Crippen MR) is 44.8 cm³/mol. The Morgan fingerprint density at radius 2 is 2.30 bits per heavy atom. The van der Waals surface area contributed by atoms with Crippen LogP contribution in [0.3, 0.4) is 0 Å². The zero-order valence-corrected chi connectivity index (χ0v) is 7.40. The van der Waals surface area contributed by atoms with Crippen LogP contribution < -0.4 is 0 Å². The average Bonchev–Trinajstić information content (AvgIpc) is 2.17. The molecule has 0 spiro atoms. The minimum absolute atomic E-state index is 0.444. The van der Waals surface area contributed by atoms with Gasteiger partial charge in [0.05, 0.1) is 11.1 Å². The number of aliphatic hydroxyl groups excluding tert-OH is 1. The van der Waals surface area contributed by atoms with E-state index in [9.17, 15) is 5.11 Å². The van der Waals surface area contributed by atoms with Gasteiger partial charge in [0, 0.05) is 7.05 Å². The van der Waals surface area contributed by atoms with Crippen molar-refractivity contribution < 1.29 is 5.11 Å². The van der Waals surface area contributed by atoms with Gasteiger partial charge in [-0.05, 0) is 13.3 Å². The van der Waals surface area contributed by atoms with Crippen molar-refractivity contribution in [2.45, 2.75) is 25.6 Å². The van der Waals surface area contributed by atoms with Crippen molar-refractivity contribution in [1.29, 1.82) is 0 Å². The van der Waals surface area contributed by atoms with Crippen LogP contribution in [-0.2, 0) is 0 Å². The van der Waals surface area contributed by atoms with Crippen LogP contribution in [0.5, 0.6) is 0 Å². The molecule has 0 amide bonds. The van der Waals surface area contributed by atoms with Gasteiger partial charge in [-0.1, -0.05) is 18.7 Å². The Kier molecular flexibility index (Phi) is 2.14. The van der Waals surface area contributed by atoms with Crippen LogP contribution in [0, 0.1) is 0 Å². The maximum Gasteiger partial charge on any atom is 0.171 e. The van der Waals surface area contributed by atoms with Gasteiger partial charge in [0.1, 0.15) is 0 Å². The Hall–Kier alpha value is -0.310. The summed E-state index contributed by atoms with van der Waals surface area (Å²) in [7, 11) is 2.01. The number of aliphatic hydroxyl groups is 1. The summed E-state index contributed by atoms with van der Waals surface area (Å²) in [4.78, 5) is 2.11. The molecule has 1 heterocycles. The maximum atomic E-state index is 9.27. The minimum atomic E-state index is 0.444. The van der Waals surface area contributed by atoms with E-state index >= 15 is 0 Å². The van der Waals surface area contributed by atoms with E-state index < -0.39 is 0 Å². The average molecular weight is 159 g/mol. The molecule has 0 saturated heterocycles. The highest BCUT2D eigenvalue weighted by Gasteiger charge is 2.25. The van der Waals surface area contributed by atoms with Gasteiger partial charge >= 0.3 is 0 Å². The highest BCUT2D eigenvalue weighted by molar-refractivity contribution is 8.03. The second-order valence-electron chi connectivity index (χ2n) is 2.48. The van der Waals surface area contributed by atoms with Gasteiger partial charge in [-0.2, -0.15) is 0 Å². The third-order valence-electron chi connectivity index (χ3n) is 1.87. The molecule has 3 heteroatoms. The first-order chi connectivity index (χ1) is 4.66. The molecule has 0 aromatic carbocycles. The van der Waals surface area contributed by atoms with Crippen molar-refractivity contribution in [2.75, 3.05) is 7.05 Å². The Morgan fingerprint density at radius 1 is 1.70 bits per heavy atom. The molecule has 0 saturated carbocycles. The van der Waals surface area contributed by atoms with Crippen LogP contribution in [0.4, 0.5) is 0 Å². The van der Waals surface area contributed by atoms with Crippen molar-refractivity contribution in [1.82, 2.24) is 4.90 Å². The van der Waals surface area contributed by atoms with Crippen molar-refractivity contribution in [3.63, 3.8) is 0 Å². The van der Waals surface area contributed by atoms with Gasteiger partial charge in [0.25, 0.3) is 0 Å². The summed E-state index contributed by atoms with van der Waals surface area (Å²) >= 11 is 1.54. The molecule has 0 radical (unpaired) electrons. The first kappa shape index (κ1) is 7.79. The molecule has 10 heavy (non-hydrogen) atoms. The van der Waals surface area contributed by atoms with E-state index in [1.807, 2.05) is 14.0 Å². The molecule has 1 N–H and O–H groups in total. The summed E-state index contributed by atoms with van der Waals surface area (Å²) in [6.45, 7) is 4.07. The number of hydrogen-bond acceptors (Lipinski definition) is 3. The largest absolute Gasteiger partial charge is 0.501 e. The smallest absolute Gasteiger partial charge is 0.171 e. The highest BCUT2D eigenvalue weighted by atomic mass is 32.2. The van der Waals surface area contributed by atoms with Crippen LogP contribution >= 0.6 is 11.8 Å². The summed E-state index contributed by atoms with van der Waals surface area (Å²) in [5.74, 6) is 0. The molecule has 0 aromatic heterocycles. The van der Waals surface area contributed by atoms with E-state index in [0.29, 0.717) is 10.5 Å². The van der Waals surface area contributed by atoms with E-state index in [0.717, 1.165) is 12.1 Å². The molecule has 1 aliphatic heterocycles. The molecule has 58 valence electrons. The molecule has 1 atom stereocenters. The molecule has 0 fully saturated rings. The third kappa shape index (κ3) is 1.10. The van der Waals surface area contributed by atoms with Crippen molar-refractivity contribution in [2.24, 2.45) is 0 Å². The van der Waals surface area contributed by atoms with E-state index in [4.69, 9.17) is 0 Å². The lowest BCUT2D eigenvalue weighted by atomic mass is 10.4. The lowest BCUT2D eigenvalue weighted by Gasteiger charge is -2.19. The van der Waals surface area contributed by atoms with E-state index in [1.54, 1.807) is 11.8 Å². The molecule has 0 aromatic rings. The van der Waals surface area contributed by atoms with Gasteiger partial charge in [-0.3, -0.25) is 0 Å². The quantitative estimate of drug-likeness (QED) is 0.634. The Bertz CT molecular complexity index is 167. The Balaban J connectivity index is 2.67. The molecule has 1 unspecified atom stereocenters. The Morgan fingerprint density at radius 3 is 2.50 bits per heavy atom. The summed E-state index contributed by atoms with van der Waals surface area (Å²) in [5.41, 5.74) is 0.997. The molecular weight excluding hydrogens is 146 g/mol. The van der Waals surface area contributed by atoms with Crippen molar-refractivity contribution in [3.8, 4) is 0 Å². The van der Waals surface area contributed by atoms with Crippen LogP contribution in [0.2, 0.25) is 0 Å². The first-order valence-corrected chi connectivity index (χ1v) is 4.34. The Labute approximate surface area is 65.9 Å². The van der Waals surface area contributed by atoms with Gasteiger partial charge in [0.2, 0.25) is 0 Å². The number of allylic oxidation sites excluding steroid dienone is 1. The molecule has 0 bridgehead atoms. The number of hydrogen-bond donors (Lipinski definition) is 1. The molecule has 1 rings (SSSR count). The number of thioether (sulfide) groups is 1. The van der Waals surface area contributed by atoms with Gasteiger partial charge < -0.3 is 10.0 Å². The molecular formula is C7H13NOS. The fourth-order valence-electron chi connectivity index (χ4n) is 1.02. The zero-order chi connectivity index (χ0) is 7.72. The van der Waals surface area contributed by atoms with Crippen LogP contribution in [0.15, 0.2) is 10.8 Å². The van der Waals surface area contributed by atoms with E-state index in [-0.39, 0.29) is 0 Å². The normalized spacial score (nSPS) is 26.3. The van der Waals surface area contributed by atoms with Gasteiger partial charge in [-0.25, -0.2) is 0 Å². The number of rotatable bonds is 1. The van der Waals surface area contributed by atoms with Crippen LogP contribution in [-0.4, -0.2) is 22.4 Å². The second kappa shape index (κ2) is 2.74. The second-order valence-corrected chi connectivity index (χ2v) is 3.65. The monoisotopic (exact) mass is 159 g/mol.